The number of hydrogen-bond donors (Lipinski definition) is 1. The Morgan fingerprint density at radius 3 is 3.00 bits per heavy atom. The van der Waals surface area contributed by atoms with Gasteiger partial charge in [-0.15, -0.1) is 0 Å². The van der Waals surface area contributed by atoms with E-state index in [-0.39, 0.29) is 6.04 Å². The van der Waals surface area contributed by atoms with Crippen molar-refractivity contribution in [3.63, 3.8) is 0 Å². The maximum absolute atomic E-state index is 6.23. The highest BCUT2D eigenvalue weighted by Gasteiger charge is 2.22. The Morgan fingerprint density at radius 1 is 1.53 bits per heavy atom. The Morgan fingerprint density at radius 2 is 2.27 bits per heavy atom. The number of thioether (sulfide) groups is 1. The largest absolute Gasteiger partial charge is 0.324 e. The quantitative estimate of drug-likeness (QED) is 0.780. The normalized spacial score (nSPS) is 25.9. The number of hydrogen-bond acceptors (Lipinski definition) is 2. The summed E-state index contributed by atoms with van der Waals surface area (Å²) in [5.41, 5.74) is 8.59. The van der Waals surface area contributed by atoms with Gasteiger partial charge in [-0.3, -0.25) is 0 Å². The van der Waals surface area contributed by atoms with Crippen LogP contribution in [0.5, 0.6) is 0 Å². The topological polar surface area (TPSA) is 26.0 Å². The van der Waals surface area contributed by atoms with E-state index in [4.69, 9.17) is 17.3 Å². The van der Waals surface area contributed by atoms with Crippen molar-refractivity contribution in [1.82, 2.24) is 0 Å². The summed E-state index contributed by atoms with van der Waals surface area (Å²) in [6, 6.07) is 4.16. The molecule has 4 heteroatoms. The first-order valence-corrected chi connectivity index (χ1v) is 7.15. The van der Waals surface area contributed by atoms with Gasteiger partial charge in [0, 0.05) is 26.5 Å². The molecule has 0 aromatic heterocycles. The van der Waals surface area contributed by atoms with Gasteiger partial charge in [0.15, 0.2) is 0 Å². The number of fused-ring (bicyclic) bond motifs is 1. The summed E-state index contributed by atoms with van der Waals surface area (Å²) in [5.74, 6) is 0.969. The van der Waals surface area contributed by atoms with Gasteiger partial charge in [-0.2, -0.15) is 11.8 Å². The van der Waals surface area contributed by atoms with Crippen molar-refractivity contribution in [2.24, 2.45) is 5.73 Å². The van der Waals surface area contributed by atoms with Gasteiger partial charge >= 0.3 is 0 Å². The van der Waals surface area contributed by atoms with Crippen LogP contribution in [0.2, 0.25) is 5.02 Å². The van der Waals surface area contributed by atoms with Crippen LogP contribution in [0.3, 0.4) is 0 Å². The third-order valence-corrected chi connectivity index (χ3v) is 4.70. The Labute approximate surface area is 108 Å². The maximum Gasteiger partial charge on any atom is 0.0460 e. The SMILES string of the molecule is CC1C[C@H](N)c2cc(Br)cc(Cl)c2CS1. The van der Waals surface area contributed by atoms with E-state index in [1.807, 2.05) is 17.8 Å². The van der Waals surface area contributed by atoms with E-state index in [0.29, 0.717) is 5.25 Å². The minimum atomic E-state index is 0.111. The second-order valence-corrected chi connectivity index (χ2v) is 6.67. The van der Waals surface area contributed by atoms with E-state index in [0.717, 1.165) is 21.7 Å². The van der Waals surface area contributed by atoms with Crippen molar-refractivity contribution in [3.05, 3.63) is 32.8 Å². The monoisotopic (exact) mass is 305 g/mol. The fourth-order valence-electron chi connectivity index (χ4n) is 1.88. The molecule has 1 aromatic carbocycles. The molecule has 2 rings (SSSR count). The van der Waals surface area contributed by atoms with Crippen LogP contribution >= 0.6 is 39.3 Å². The van der Waals surface area contributed by atoms with Crippen LogP contribution < -0.4 is 5.73 Å². The van der Waals surface area contributed by atoms with Gasteiger partial charge in [-0.05, 0) is 29.7 Å². The van der Waals surface area contributed by atoms with E-state index < -0.39 is 0 Å². The number of rotatable bonds is 0. The molecule has 1 unspecified atom stereocenters. The standard InChI is InChI=1S/C11H13BrClNS/c1-6-2-11(14)8-3-7(12)4-10(13)9(8)5-15-6/h3-4,6,11H,2,5,14H2,1H3/t6?,11-/m0/s1. The molecular formula is C11H13BrClNS. The zero-order chi connectivity index (χ0) is 11.0. The van der Waals surface area contributed by atoms with Crippen LogP contribution in [0.15, 0.2) is 16.6 Å². The van der Waals surface area contributed by atoms with E-state index in [9.17, 15) is 0 Å². The Kier molecular flexibility index (Phi) is 3.66. The second kappa shape index (κ2) is 4.66. The van der Waals surface area contributed by atoms with Crippen molar-refractivity contribution in [2.75, 3.05) is 0 Å². The molecule has 1 aliphatic rings. The van der Waals surface area contributed by atoms with Gasteiger partial charge < -0.3 is 5.73 Å². The molecule has 0 spiro atoms. The van der Waals surface area contributed by atoms with Gasteiger partial charge in [0.05, 0.1) is 0 Å². The molecule has 1 heterocycles. The summed E-state index contributed by atoms with van der Waals surface area (Å²) in [5, 5.41) is 1.43. The lowest BCUT2D eigenvalue weighted by molar-refractivity contribution is 0.651. The minimum absolute atomic E-state index is 0.111. The van der Waals surface area contributed by atoms with Crippen molar-refractivity contribution in [2.45, 2.75) is 30.4 Å². The summed E-state index contributed by atoms with van der Waals surface area (Å²) in [4.78, 5) is 0. The van der Waals surface area contributed by atoms with Gasteiger partial charge in [-0.1, -0.05) is 34.5 Å². The van der Waals surface area contributed by atoms with E-state index in [1.165, 1.54) is 11.1 Å². The fraction of sp³-hybridized carbons (Fsp3) is 0.455. The minimum Gasteiger partial charge on any atom is -0.324 e. The average Bonchev–Trinajstić information content (AvgIpc) is 2.27. The summed E-state index contributed by atoms with van der Waals surface area (Å²) in [7, 11) is 0. The van der Waals surface area contributed by atoms with Gasteiger partial charge in [0.2, 0.25) is 0 Å². The Hall–Kier alpha value is 0.300. The van der Waals surface area contributed by atoms with Crippen LogP contribution in [-0.4, -0.2) is 5.25 Å². The van der Waals surface area contributed by atoms with Crippen LogP contribution in [0.1, 0.15) is 30.5 Å². The Balaban J connectivity index is 2.48. The third-order valence-electron chi connectivity index (χ3n) is 2.69. The highest BCUT2D eigenvalue weighted by Crippen LogP contribution is 2.38. The lowest BCUT2D eigenvalue weighted by atomic mass is 9.99. The van der Waals surface area contributed by atoms with Crippen LogP contribution in [0.4, 0.5) is 0 Å². The van der Waals surface area contributed by atoms with Gasteiger partial charge in [0.1, 0.15) is 0 Å². The molecule has 15 heavy (non-hydrogen) atoms. The first kappa shape index (κ1) is 11.8. The third kappa shape index (κ3) is 2.52. The fourth-order valence-corrected chi connectivity index (χ4v) is 3.98. The van der Waals surface area contributed by atoms with E-state index >= 15 is 0 Å². The van der Waals surface area contributed by atoms with Gasteiger partial charge in [0.25, 0.3) is 0 Å². The molecule has 0 fully saturated rings. The zero-order valence-corrected chi connectivity index (χ0v) is 11.6. The molecule has 0 aliphatic carbocycles. The predicted octanol–water partition coefficient (Wildman–Crippen LogP) is 4.13. The van der Waals surface area contributed by atoms with Crippen molar-refractivity contribution < 1.29 is 0 Å². The van der Waals surface area contributed by atoms with Crippen LogP contribution in [0, 0.1) is 0 Å². The van der Waals surface area contributed by atoms with Crippen molar-refractivity contribution >= 4 is 39.3 Å². The summed E-state index contributed by atoms with van der Waals surface area (Å²) in [6.45, 7) is 2.22. The number of nitrogens with two attached hydrogens (primary N) is 1. The van der Waals surface area contributed by atoms with Gasteiger partial charge in [-0.25, -0.2) is 0 Å². The molecule has 1 nitrogen and oxygen atoms in total. The molecule has 0 saturated carbocycles. The molecule has 1 aliphatic heterocycles. The van der Waals surface area contributed by atoms with Crippen LogP contribution in [-0.2, 0) is 5.75 Å². The molecule has 2 atom stereocenters. The smallest absolute Gasteiger partial charge is 0.0460 e. The lowest BCUT2D eigenvalue weighted by Crippen LogP contribution is -2.14. The summed E-state index contributed by atoms with van der Waals surface area (Å²) < 4.78 is 1.02. The Bertz CT molecular complexity index is 383. The molecule has 2 N–H and O–H groups in total. The second-order valence-electron chi connectivity index (χ2n) is 3.92. The zero-order valence-electron chi connectivity index (χ0n) is 8.47. The highest BCUT2D eigenvalue weighted by molar-refractivity contribution is 9.10. The van der Waals surface area contributed by atoms with Crippen LogP contribution in [0.25, 0.3) is 0 Å². The first-order chi connectivity index (χ1) is 7.08. The predicted molar refractivity (Wildman–Crippen MR) is 71.5 cm³/mol. The summed E-state index contributed by atoms with van der Waals surface area (Å²) in [6.07, 6.45) is 1.02. The molecule has 0 radical (unpaired) electrons. The molecular weight excluding hydrogens is 294 g/mol. The number of halogens is 2. The lowest BCUT2D eigenvalue weighted by Gasteiger charge is -2.14. The van der Waals surface area contributed by atoms with Crippen molar-refractivity contribution in [1.29, 1.82) is 0 Å². The molecule has 1 aromatic rings. The van der Waals surface area contributed by atoms with Crippen molar-refractivity contribution in [3.8, 4) is 0 Å². The summed E-state index contributed by atoms with van der Waals surface area (Å²) >= 11 is 11.6. The van der Waals surface area contributed by atoms with E-state index in [2.05, 4.69) is 28.9 Å². The maximum atomic E-state index is 6.23. The molecule has 82 valence electrons. The molecule has 0 bridgehead atoms. The first-order valence-electron chi connectivity index (χ1n) is 4.93. The van der Waals surface area contributed by atoms with E-state index in [1.54, 1.807) is 0 Å². The molecule has 0 saturated heterocycles. The highest BCUT2D eigenvalue weighted by atomic mass is 79.9. The average molecular weight is 307 g/mol. The number of benzene rings is 1. The molecule has 0 amide bonds.